The Morgan fingerprint density at radius 2 is 1.62 bits per heavy atom. The summed E-state index contributed by atoms with van der Waals surface area (Å²) in [5.41, 5.74) is 14.2. The van der Waals surface area contributed by atoms with Gasteiger partial charge in [0.1, 0.15) is 0 Å². The van der Waals surface area contributed by atoms with Crippen molar-refractivity contribution in [3.63, 3.8) is 0 Å². The molecule has 0 bridgehead atoms. The zero-order chi connectivity index (χ0) is 9.35. The topological polar surface area (TPSA) is 52.0 Å². The van der Waals surface area contributed by atoms with E-state index in [-0.39, 0.29) is 17.8 Å². The zero-order valence-corrected chi connectivity index (χ0v) is 9.11. The van der Waals surface area contributed by atoms with Crippen LogP contribution in [-0.2, 0) is 5.41 Å². The third kappa shape index (κ3) is 2.81. The van der Waals surface area contributed by atoms with Gasteiger partial charge in [0, 0.05) is 11.4 Å². The molecular weight excluding hydrogens is 184 g/mol. The lowest BCUT2D eigenvalue weighted by molar-refractivity contribution is 0.593. The molecule has 0 unspecified atom stereocenters. The fourth-order valence-corrected chi connectivity index (χ4v) is 1.26. The maximum atomic E-state index is 5.83. The molecule has 1 aromatic rings. The van der Waals surface area contributed by atoms with Gasteiger partial charge >= 0.3 is 0 Å². The second kappa shape index (κ2) is 3.88. The van der Waals surface area contributed by atoms with E-state index < -0.39 is 0 Å². The lowest BCUT2D eigenvalue weighted by Crippen LogP contribution is -2.13. The maximum Gasteiger partial charge on any atom is 0.0372 e. The van der Waals surface area contributed by atoms with Gasteiger partial charge in [0.15, 0.2) is 0 Å². The van der Waals surface area contributed by atoms with Gasteiger partial charge < -0.3 is 11.5 Å². The lowest BCUT2D eigenvalue weighted by atomic mass is 9.86. The summed E-state index contributed by atoms with van der Waals surface area (Å²) in [6.07, 6.45) is 0. The van der Waals surface area contributed by atoms with Crippen LogP contribution in [0.2, 0.25) is 0 Å². The van der Waals surface area contributed by atoms with Crippen molar-refractivity contribution in [2.24, 2.45) is 0 Å². The Kier molecular flexibility index (Phi) is 3.61. The number of anilines is 2. The summed E-state index contributed by atoms with van der Waals surface area (Å²) in [4.78, 5) is 0. The smallest absolute Gasteiger partial charge is 0.0372 e. The molecule has 13 heavy (non-hydrogen) atoms. The number of nitrogens with two attached hydrogens (primary N) is 2. The Bertz CT molecular complexity index is 289. The van der Waals surface area contributed by atoms with E-state index in [1.807, 2.05) is 12.1 Å². The predicted octanol–water partition coefficient (Wildman–Crippen LogP) is 2.57. The lowest BCUT2D eigenvalue weighted by Gasteiger charge is -2.21. The number of hydrogen-bond acceptors (Lipinski definition) is 2. The Hall–Kier alpha value is -0.890. The Labute approximate surface area is 85.7 Å². The van der Waals surface area contributed by atoms with Crippen LogP contribution in [0, 0.1) is 0 Å². The molecule has 2 nitrogen and oxygen atoms in total. The van der Waals surface area contributed by atoms with Gasteiger partial charge in [-0.25, -0.2) is 0 Å². The molecule has 0 amide bonds. The first-order valence-corrected chi connectivity index (χ1v) is 4.07. The van der Waals surface area contributed by atoms with Crippen molar-refractivity contribution in [2.75, 3.05) is 11.5 Å². The molecule has 0 heterocycles. The van der Waals surface area contributed by atoms with E-state index in [9.17, 15) is 0 Å². The van der Waals surface area contributed by atoms with E-state index >= 15 is 0 Å². The van der Waals surface area contributed by atoms with Crippen LogP contribution in [-0.4, -0.2) is 0 Å². The molecule has 74 valence electrons. The first-order valence-electron chi connectivity index (χ1n) is 4.07. The van der Waals surface area contributed by atoms with E-state index in [0.29, 0.717) is 0 Å². The fraction of sp³-hybridized carbons (Fsp3) is 0.400. The summed E-state index contributed by atoms with van der Waals surface area (Å²) < 4.78 is 0. The number of benzene rings is 1. The van der Waals surface area contributed by atoms with Gasteiger partial charge in [-0.15, -0.1) is 12.4 Å². The van der Waals surface area contributed by atoms with Crippen LogP contribution in [0.5, 0.6) is 0 Å². The first-order chi connectivity index (χ1) is 5.41. The maximum absolute atomic E-state index is 5.83. The summed E-state index contributed by atoms with van der Waals surface area (Å²) >= 11 is 0. The van der Waals surface area contributed by atoms with Crippen molar-refractivity contribution < 1.29 is 0 Å². The molecule has 0 aliphatic heterocycles. The van der Waals surface area contributed by atoms with Crippen molar-refractivity contribution >= 4 is 23.8 Å². The number of hydrogen-bond donors (Lipinski definition) is 2. The van der Waals surface area contributed by atoms with Crippen molar-refractivity contribution in [1.29, 1.82) is 0 Å². The molecule has 0 saturated heterocycles. The molecule has 1 rings (SSSR count). The summed E-state index contributed by atoms with van der Waals surface area (Å²) in [7, 11) is 0. The molecular formula is C10H17ClN2. The molecule has 1 aromatic carbocycles. The summed E-state index contributed by atoms with van der Waals surface area (Å²) in [6, 6.07) is 5.68. The van der Waals surface area contributed by atoms with Gasteiger partial charge in [-0.05, 0) is 23.1 Å². The van der Waals surface area contributed by atoms with E-state index in [4.69, 9.17) is 11.5 Å². The minimum absolute atomic E-state index is 0. The normalized spacial score (nSPS) is 10.7. The van der Waals surface area contributed by atoms with Gasteiger partial charge in [-0.3, -0.25) is 0 Å². The molecule has 0 radical (unpaired) electrons. The summed E-state index contributed by atoms with van der Waals surface area (Å²) in [5.74, 6) is 0. The van der Waals surface area contributed by atoms with Crippen molar-refractivity contribution in [2.45, 2.75) is 26.2 Å². The van der Waals surface area contributed by atoms with Gasteiger partial charge in [0.05, 0.1) is 0 Å². The van der Waals surface area contributed by atoms with Gasteiger partial charge in [0.25, 0.3) is 0 Å². The van der Waals surface area contributed by atoms with Crippen LogP contribution in [0.15, 0.2) is 18.2 Å². The van der Waals surface area contributed by atoms with E-state index in [0.717, 1.165) is 16.9 Å². The first kappa shape index (κ1) is 12.1. The molecule has 0 saturated carbocycles. The number of nitrogen functional groups attached to an aromatic ring is 2. The third-order valence-corrected chi connectivity index (χ3v) is 1.88. The largest absolute Gasteiger partial charge is 0.399 e. The van der Waals surface area contributed by atoms with Crippen LogP contribution >= 0.6 is 12.4 Å². The van der Waals surface area contributed by atoms with E-state index in [1.54, 1.807) is 6.07 Å². The predicted molar refractivity (Wildman–Crippen MR) is 61.2 cm³/mol. The third-order valence-electron chi connectivity index (χ3n) is 1.88. The van der Waals surface area contributed by atoms with Crippen LogP contribution in [0.25, 0.3) is 0 Å². The highest BCUT2D eigenvalue weighted by molar-refractivity contribution is 5.85. The van der Waals surface area contributed by atoms with Gasteiger partial charge in [-0.2, -0.15) is 0 Å². The van der Waals surface area contributed by atoms with Crippen LogP contribution < -0.4 is 11.5 Å². The standard InChI is InChI=1S/C10H16N2.ClH/c1-10(2,3)8-5-4-7(11)6-9(8)12;/h4-6H,11-12H2,1-3H3;1H. The molecule has 0 aliphatic rings. The van der Waals surface area contributed by atoms with Crippen molar-refractivity contribution in [3.8, 4) is 0 Å². The minimum atomic E-state index is 0. The van der Waals surface area contributed by atoms with Crippen LogP contribution in [0.3, 0.4) is 0 Å². The van der Waals surface area contributed by atoms with Crippen molar-refractivity contribution in [1.82, 2.24) is 0 Å². The highest BCUT2D eigenvalue weighted by Crippen LogP contribution is 2.28. The highest BCUT2D eigenvalue weighted by Gasteiger charge is 2.16. The highest BCUT2D eigenvalue weighted by atomic mass is 35.5. The summed E-state index contributed by atoms with van der Waals surface area (Å²) in [6.45, 7) is 6.40. The Morgan fingerprint density at radius 3 is 2.00 bits per heavy atom. The molecule has 0 aromatic heterocycles. The second-order valence-electron chi connectivity index (χ2n) is 4.10. The molecule has 0 spiro atoms. The Morgan fingerprint density at radius 1 is 1.08 bits per heavy atom. The van der Waals surface area contributed by atoms with E-state index in [1.165, 1.54) is 0 Å². The molecule has 4 N–H and O–H groups in total. The van der Waals surface area contributed by atoms with Crippen LogP contribution in [0.1, 0.15) is 26.3 Å². The minimum Gasteiger partial charge on any atom is -0.399 e. The Balaban J connectivity index is 0.00000144. The molecule has 3 heteroatoms. The average molecular weight is 201 g/mol. The second-order valence-corrected chi connectivity index (χ2v) is 4.10. The van der Waals surface area contributed by atoms with Crippen LogP contribution in [0.4, 0.5) is 11.4 Å². The fourth-order valence-electron chi connectivity index (χ4n) is 1.26. The number of halogens is 1. The molecule has 0 atom stereocenters. The number of rotatable bonds is 0. The molecule has 0 fully saturated rings. The zero-order valence-electron chi connectivity index (χ0n) is 8.29. The molecule has 0 aliphatic carbocycles. The monoisotopic (exact) mass is 200 g/mol. The van der Waals surface area contributed by atoms with Gasteiger partial charge in [-0.1, -0.05) is 26.8 Å². The summed E-state index contributed by atoms with van der Waals surface area (Å²) in [5, 5.41) is 0. The average Bonchev–Trinajstić information content (AvgIpc) is 1.83. The van der Waals surface area contributed by atoms with Crippen molar-refractivity contribution in [3.05, 3.63) is 23.8 Å². The van der Waals surface area contributed by atoms with E-state index in [2.05, 4.69) is 20.8 Å². The quantitative estimate of drug-likeness (QED) is 0.633. The van der Waals surface area contributed by atoms with Gasteiger partial charge in [0.2, 0.25) is 0 Å². The SMILES string of the molecule is CC(C)(C)c1ccc(N)cc1N.Cl.